The van der Waals surface area contributed by atoms with Gasteiger partial charge in [-0.1, -0.05) is 0 Å². The minimum absolute atomic E-state index is 0.0907. The Morgan fingerprint density at radius 3 is 2.88 bits per heavy atom. The summed E-state index contributed by atoms with van der Waals surface area (Å²) in [6.07, 6.45) is 1.69. The third-order valence-corrected chi connectivity index (χ3v) is 2.25. The van der Waals surface area contributed by atoms with Crippen molar-refractivity contribution in [3.63, 3.8) is 0 Å². The molecule has 0 fully saturated rings. The summed E-state index contributed by atoms with van der Waals surface area (Å²) >= 11 is 0. The lowest BCUT2D eigenvalue weighted by molar-refractivity contribution is -0.384. The van der Waals surface area contributed by atoms with Gasteiger partial charge in [0, 0.05) is 12.1 Å². The molecule has 6 nitrogen and oxygen atoms in total. The Morgan fingerprint density at radius 1 is 1.50 bits per heavy atom. The van der Waals surface area contributed by atoms with E-state index in [1.165, 1.54) is 6.07 Å². The molecule has 84 valence electrons. The first kappa shape index (κ1) is 10.6. The second-order valence-electron chi connectivity index (χ2n) is 3.87. The first-order valence-electron chi connectivity index (χ1n) is 4.82. The Kier molecular flexibility index (Phi) is 2.57. The second-order valence-corrected chi connectivity index (χ2v) is 3.87. The van der Waals surface area contributed by atoms with Gasteiger partial charge < -0.3 is 4.57 Å². The molecule has 0 bridgehead atoms. The largest absolute Gasteiger partial charge is 0.317 e. The molecule has 0 aliphatic carbocycles. The van der Waals surface area contributed by atoms with Gasteiger partial charge in [-0.15, -0.1) is 0 Å². The molecule has 1 aromatic heterocycles. The van der Waals surface area contributed by atoms with Crippen LogP contribution in [0.5, 0.6) is 0 Å². The van der Waals surface area contributed by atoms with E-state index in [4.69, 9.17) is 0 Å². The molecule has 0 atom stereocenters. The fourth-order valence-electron chi connectivity index (χ4n) is 1.58. The molecule has 0 saturated heterocycles. The van der Waals surface area contributed by atoms with Gasteiger partial charge in [-0.25, -0.2) is 4.98 Å². The number of nitro benzene ring substituents is 1. The first-order valence-corrected chi connectivity index (χ1v) is 4.82. The lowest BCUT2D eigenvalue weighted by atomic mass is 10.3. The Bertz CT molecular complexity index is 533. The van der Waals surface area contributed by atoms with Crippen LogP contribution in [0.4, 0.5) is 5.69 Å². The summed E-state index contributed by atoms with van der Waals surface area (Å²) in [4.78, 5) is 16.4. The average Bonchev–Trinajstić information content (AvgIpc) is 2.60. The zero-order valence-corrected chi connectivity index (χ0v) is 9.12. The number of rotatable bonds is 3. The van der Waals surface area contributed by atoms with Crippen molar-refractivity contribution < 1.29 is 4.92 Å². The molecule has 0 saturated carbocycles. The highest BCUT2D eigenvalue weighted by Crippen LogP contribution is 2.19. The summed E-state index contributed by atoms with van der Waals surface area (Å²) < 4.78 is 1.88. The Hall–Kier alpha value is -1.95. The molecule has 0 aliphatic rings. The van der Waals surface area contributed by atoms with E-state index in [9.17, 15) is 10.1 Å². The number of aromatic nitrogens is 2. The van der Waals surface area contributed by atoms with Gasteiger partial charge in [-0.3, -0.25) is 15.0 Å². The summed E-state index contributed by atoms with van der Waals surface area (Å²) in [5.74, 6) is 0. The van der Waals surface area contributed by atoms with Gasteiger partial charge in [-0.05, 0) is 20.2 Å². The predicted octanol–water partition coefficient (Wildman–Crippen LogP) is 1.46. The number of hydrogen-bond acceptors (Lipinski definition) is 4. The van der Waals surface area contributed by atoms with Gasteiger partial charge in [0.2, 0.25) is 0 Å². The minimum Gasteiger partial charge on any atom is -0.317 e. The zero-order chi connectivity index (χ0) is 11.7. The maximum Gasteiger partial charge on any atom is 0.271 e. The maximum atomic E-state index is 10.7. The van der Waals surface area contributed by atoms with Crippen LogP contribution in [0.15, 0.2) is 24.5 Å². The molecule has 1 aromatic carbocycles. The van der Waals surface area contributed by atoms with E-state index in [0.717, 1.165) is 11.0 Å². The van der Waals surface area contributed by atoms with Gasteiger partial charge in [0.15, 0.2) is 0 Å². The fourth-order valence-corrected chi connectivity index (χ4v) is 1.58. The Balaban J connectivity index is 2.51. The quantitative estimate of drug-likeness (QED) is 0.580. The number of imidazole rings is 1. The molecule has 2 rings (SSSR count). The van der Waals surface area contributed by atoms with Crippen LogP contribution < -0.4 is 0 Å². The van der Waals surface area contributed by atoms with E-state index in [-0.39, 0.29) is 5.69 Å². The first-order chi connectivity index (χ1) is 7.58. The highest BCUT2D eigenvalue weighted by atomic mass is 16.6. The van der Waals surface area contributed by atoms with Crippen LogP contribution in [-0.2, 0) is 6.67 Å². The van der Waals surface area contributed by atoms with E-state index in [1.807, 2.05) is 23.6 Å². The van der Waals surface area contributed by atoms with Crippen LogP contribution in [0.2, 0.25) is 0 Å². The molecule has 0 unspecified atom stereocenters. The van der Waals surface area contributed by atoms with E-state index in [2.05, 4.69) is 4.98 Å². The van der Waals surface area contributed by atoms with E-state index in [0.29, 0.717) is 6.67 Å². The van der Waals surface area contributed by atoms with Crippen LogP contribution in [0, 0.1) is 10.1 Å². The summed E-state index contributed by atoms with van der Waals surface area (Å²) in [6, 6.07) is 4.68. The van der Waals surface area contributed by atoms with Gasteiger partial charge in [0.25, 0.3) is 5.69 Å². The Morgan fingerprint density at radius 2 is 2.25 bits per heavy atom. The Labute approximate surface area is 92.3 Å². The third kappa shape index (κ3) is 1.87. The summed E-state index contributed by atoms with van der Waals surface area (Å²) in [5, 5.41) is 10.7. The fraction of sp³-hybridized carbons (Fsp3) is 0.300. The maximum absolute atomic E-state index is 10.7. The number of nitro groups is 1. The zero-order valence-electron chi connectivity index (χ0n) is 9.12. The van der Waals surface area contributed by atoms with Gasteiger partial charge in [-0.2, -0.15) is 0 Å². The SMILES string of the molecule is CN(C)Cn1cnc2ccc([N+](=O)[O-])cc21. The molecule has 0 aliphatic heterocycles. The van der Waals surface area contributed by atoms with E-state index >= 15 is 0 Å². The van der Waals surface area contributed by atoms with Crippen molar-refractivity contribution in [2.75, 3.05) is 14.1 Å². The normalized spacial score (nSPS) is 11.2. The van der Waals surface area contributed by atoms with Crippen LogP contribution in [-0.4, -0.2) is 33.5 Å². The van der Waals surface area contributed by atoms with Crippen molar-refractivity contribution in [2.24, 2.45) is 0 Å². The van der Waals surface area contributed by atoms with Crippen LogP contribution in [0.1, 0.15) is 0 Å². The second kappa shape index (κ2) is 3.90. The molecule has 0 spiro atoms. The van der Waals surface area contributed by atoms with Crippen molar-refractivity contribution in [3.8, 4) is 0 Å². The number of benzene rings is 1. The number of fused-ring (bicyclic) bond motifs is 1. The highest BCUT2D eigenvalue weighted by Gasteiger charge is 2.10. The topological polar surface area (TPSA) is 64.2 Å². The van der Waals surface area contributed by atoms with Crippen molar-refractivity contribution in [2.45, 2.75) is 6.67 Å². The lowest BCUT2D eigenvalue weighted by Crippen LogP contribution is -2.15. The standard InChI is InChI=1S/C10H12N4O2/c1-12(2)7-13-6-11-9-4-3-8(14(15)16)5-10(9)13/h3-6H,7H2,1-2H3. The van der Waals surface area contributed by atoms with Crippen molar-refractivity contribution in [1.29, 1.82) is 0 Å². The van der Waals surface area contributed by atoms with Gasteiger partial charge in [0.1, 0.15) is 0 Å². The summed E-state index contributed by atoms with van der Waals surface area (Å²) in [6.45, 7) is 0.650. The van der Waals surface area contributed by atoms with Crippen molar-refractivity contribution >= 4 is 16.7 Å². The molecule has 1 heterocycles. The van der Waals surface area contributed by atoms with Crippen LogP contribution >= 0.6 is 0 Å². The molecular weight excluding hydrogens is 208 g/mol. The minimum atomic E-state index is -0.396. The summed E-state index contributed by atoms with van der Waals surface area (Å²) in [7, 11) is 3.87. The van der Waals surface area contributed by atoms with Crippen molar-refractivity contribution in [1.82, 2.24) is 14.5 Å². The number of hydrogen-bond donors (Lipinski definition) is 0. The number of non-ortho nitro benzene ring substituents is 1. The van der Waals surface area contributed by atoms with Crippen LogP contribution in [0.3, 0.4) is 0 Å². The smallest absolute Gasteiger partial charge is 0.271 e. The van der Waals surface area contributed by atoms with Crippen molar-refractivity contribution in [3.05, 3.63) is 34.6 Å². The molecule has 0 radical (unpaired) electrons. The molecule has 0 amide bonds. The lowest BCUT2D eigenvalue weighted by Gasteiger charge is -2.10. The highest BCUT2D eigenvalue weighted by molar-refractivity contribution is 5.77. The molecule has 16 heavy (non-hydrogen) atoms. The predicted molar refractivity (Wildman–Crippen MR) is 60.1 cm³/mol. The van der Waals surface area contributed by atoms with Gasteiger partial charge in [0.05, 0.1) is 29.0 Å². The third-order valence-electron chi connectivity index (χ3n) is 2.25. The molecule has 0 N–H and O–H groups in total. The van der Waals surface area contributed by atoms with E-state index < -0.39 is 4.92 Å². The van der Waals surface area contributed by atoms with Crippen LogP contribution in [0.25, 0.3) is 11.0 Å². The summed E-state index contributed by atoms with van der Waals surface area (Å²) in [5.41, 5.74) is 1.64. The molecular formula is C10H12N4O2. The number of nitrogens with zero attached hydrogens (tertiary/aromatic N) is 4. The van der Waals surface area contributed by atoms with Gasteiger partial charge >= 0.3 is 0 Å². The monoisotopic (exact) mass is 220 g/mol. The molecule has 2 aromatic rings. The average molecular weight is 220 g/mol. The molecule has 6 heteroatoms. The van der Waals surface area contributed by atoms with E-state index in [1.54, 1.807) is 18.5 Å².